The lowest BCUT2D eigenvalue weighted by Gasteiger charge is -2.48. The Bertz CT molecular complexity index is 968. The molecule has 1 saturated heterocycles. The minimum absolute atomic E-state index is 0.0734. The van der Waals surface area contributed by atoms with Crippen LogP contribution in [0, 0.1) is 5.82 Å². The molecule has 3 nitrogen and oxygen atoms in total. The maximum Gasteiger partial charge on any atom is 0.179 e. The number of rotatable bonds is 3. The van der Waals surface area contributed by atoms with E-state index in [9.17, 15) is 14.0 Å². The lowest BCUT2D eigenvalue weighted by atomic mass is 9.68. The molecule has 0 N–H and O–H groups in total. The number of ketones is 2. The van der Waals surface area contributed by atoms with Crippen LogP contribution in [-0.4, -0.2) is 22.8 Å². The van der Waals surface area contributed by atoms with Crippen molar-refractivity contribution < 1.29 is 18.7 Å². The highest BCUT2D eigenvalue weighted by molar-refractivity contribution is 6.15. The summed E-state index contributed by atoms with van der Waals surface area (Å²) >= 11 is 0. The van der Waals surface area contributed by atoms with Crippen LogP contribution in [0.15, 0.2) is 42.5 Å². The second-order valence-corrected chi connectivity index (χ2v) is 9.10. The molecule has 1 aliphatic carbocycles. The third-order valence-electron chi connectivity index (χ3n) is 6.69. The Morgan fingerprint density at radius 3 is 2.20 bits per heavy atom. The second kappa shape index (κ2) is 7.73. The molecule has 1 heterocycles. The summed E-state index contributed by atoms with van der Waals surface area (Å²) in [6, 6.07) is 12.2. The first kappa shape index (κ1) is 20.9. The first-order valence-electron chi connectivity index (χ1n) is 10.9. The summed E-state index contributed by atoms with van der Waals surface area (Å²) in [4.78, 5) is 27.0. The van der Waals surface area contributed by atoms with Crippen molar-refractivity contribution in [1.29, 1.82) is 0 Å². The molecule has 1 unspecified atom stereocenters. The lowest BCUT2D eigenvalue weighted by molar-refractivity contribution is -0.197. The van der Waals surface area contributed by atoms with Gasteiger partial charge in [0.2, 0.25) is 0 Å². The number of hydrogen-bond donors (Lipinski definition) is 0. The monoisotopic (exact) mass is 408 g/mol. The highest BCUT2D eigenvalue weighted by Gasteiger charge is 2.57. The van der Waals surface area contributed by atoms with Crippen LogP contribution in [0.1, 0.15) is 69.9 Å². The van der Waals surface area contributed by atoms with Gasteiger partial charge >= 0.3 is 0 Å². The van der Waals surface area contributed by atoms with Crippen molar-refractivity contribution in [3.8, 4) is 11.1 Å². The third-order valence-corrected chi connectivity index (χ3v) is 6.69. The van der Waals surface area contributed by atoms with Gasteiger partial charge in [0.25, 0.3) is 0 Å². The summed E-state index contributed by atoms with van der Waals surface area (Å²) in [5.74, 6) is -1.29. The summed E-state index contributed by atoms with van der Waals surface area (Å²) in [5.41, 5.74) is 1.80. The maximum atomic E-state index is 13.7. The maximum absolute atomic E-state index is 13.7. The van der Waals surface area contributed by atoms with Gasteiger partial charge in [-0.05, 0) is 67.5 Å². The molecule has 2 aromatic rings. The van der Waals surface area contributed by atoms with E-state index in [1.807, 2.05) is 25.1 Å². The largest absolute Gasteiger partial charge is 0.353 e. The minimum atomic E-state index is -0.990. The Balaban J connectivity index is 1.78. The summed E-state index contributed by atoms with van der Waals surface area (Å²) in [6.07, 6.45) is 5.09. The van der Waals surface area contributed by atoms with Crippen LogP contribution in [0.2, 0.25) is 0 Å². The summed E-state index contributed by atoms with van der Waals surface area (Å²) < 4.78 is 19.5. The van der Waals surface area contributed by atoms with E-state index < -0.39 is 17.1 Å². The molecule has 0 amide bonds. The zero-order chi connectivity index (χ0) is 21.5. The van der Waals surface area contributed by atoms with Gasteiger partial charge in [-0.2, -0.15) is 0 Å². The summed E-state index contributed by atoms with van der Waals surface area (Å²) in [6.45, 7) is 5.62. The van der Waals surface area contributed by atoms with Gasteiger partial charge in [0.05, 0.1) is 0 Å². The second-order valence-electron chi connectivity index (χ2n) is 9.10. The molecule has 0 bridgehead atoms. The van der Waals surface area contributed by atoms with Crippen LogP contribution >= 0.6 is 0 Å². The normalized spacial score (nSPS) is 23.0. The number of halogens is 1. The van der Waals surface area contributed by atoms with E-state index in [0.29, 0.717) is 19.3 Å². The lowest BCUT2D eigenvalue weighted by Crippen LogP contribution is -2.61. The van der Waals surface area contributed by atoms with E-state index >= 15 is 0 Å². The van der Waals surface area contributed by atoms with Crippen LogP contribution < -0.4 is 0 Å². The number of carbonyl (C=O) groups excluding carboxylic acids is 2. The van der Waals surface area contributed by atoms with Crippen LogP contribution in [0.25, 0.3) is 11.1 Å². The van der Waals surface area contributed by atoms with Crippen molar-refractivity contribution >= 4 is 11.6 Å². The van der Waals surface area contributed by atoms with Gasteiger partial charge < -0.3 is 4.74 Å². The van der Waals surface area contributed by atoms with Crippen molar-refractivity contribution in [2.75, 3.05) is 0 Å². The number of aryl methyl sites for hydroxylation is 1. The molecule has 1 spiro atoms. The van der Waals surface area contributed by atoms with E-state index in [-0.39, 0.29) is 17.4 Å². The number of benzene rings is 2. The van der Waals surface area contributed by atoms with Gasteiger partial charge in [-0.1, -0.05) is 56.5 Å². The quantitative estimate of drug-likeness (QED) is 0.604. The van der Waals surface area contributed by atoms with Crippen molar-refractivity contribution in [3.63, 3.8) is 0 Å². The molecule has 0 aromatic heterocycles. The highest BCUT2D eigenvalue weighted by Crippen LogP contribution is 2.46. The Morgan fingerprint density at radius 2 is 1.57 bits per heavy atom. The van der Waals surface area contributed by atoms with E-state index in [1.54, 1.807) is 26.0 Å². The fourth-order valence-corrected chi connectivity index (χ4v) is 5.09. The molecule has 2 aromatic carbocycles. The van der Waals surface area contributed by atoms with Gasteiger partial charge in [0.1, 0.15) is 22.9 Å². The van der Waals surface area contributed by atoms with Crippen LogP contribution in [0.3, 0.4) is 0 Å². The number of Topliss-reactive ketones (excluding diaryl/α,β-unsaturated/α-hetero) is 2. The van der Waals surface area contributed by atoms with Gasteiger partial charge in [-0.3, -0.25) is 9.59 Å². The average molecular weight is 409 g/mol. The predicted molar refractivity (Wildman–Crippen MR) is 115 cm³/mol. The highest BCUT2D eigenvalue weighted by atomic mass is 19.1. The zero-order valence-electron chi connectivity index (χ0n) is 18.0. The fraction of sp³-hybridized carbons (Fsp3) is 0.462. The molecule has 1 aliphatic heterocycles. The Kier molecular flexibility index (Phi) is 5.39. The van der Waals surface area contributed by atoms with Gasteiger partial charge in [-0.15, -0.1) is 0 Å². The van der Waals surface area contributed by atoms with Gasteiger partial charge in [0.15, 0.2) is 11.6 Å². The average Bonchev–Trinajstić information content (AvgIpc) is 2.74. The Morgan fingerprint density at radius 1 is 0.933 bits per heavy atom. The summed E-state index contributed by atoms with van der Waals surface area (Å²) in [7, 11) is 0. The third kappa shape index (κ3) is 3.51. The smallest absolute Gasteiger partial charge is 0.179 e. The molecule has 158 valence electrons. The van der Waals surface area contributed by atoms with E-state index in [1.165, 1.54) is 12.1 Å². The standard InChI is InChI=1S/C26H29FO3/c1-4-17-16-19(18-8-11-20(27)12-9-18)10-13-21(17)22-23(28)25(2,3)30-26(24(22)29)14-6-5-7-15-26/h8-13,16,22H,4-7,14-15H2,1-3H3. The minimum Gasteiger partial charge on any atom is -0.353 e. The molecule has 4 rings (SSSR count). The van der Waals surface area contributed by atoms with Gasteiger partial charge in [-0.25, -0.2) is 4.39 Å². The van der Waals surface area contributed by atoms with Crippen LogP contribution in [-0.2, 0) is 20.7 Å². The zero-order valence-corrected chi connectivity index (χ0v) is 18.0. The molecule has 4 heteroatoms. The Hall–Kier alpha value is -2.33. The molecule has 2 fully saturated rings. The van der Waals surface area contributed by atoms with E-state index in [2.05, 4.69) is 0 Å². The molecule has 1 saturated carbocycles. The first-order valence-corrected chi connectivity index (χ1v) is 10.9. The van der Waals surface area contributed by atoms with Gasteiger partial charge in [0, 0.05) is 0 Å². The molecule has 2 aliphatic rings. The van der Waals surface area contributed by atoms with Crippen molar-refractivity contribution in [2.45, 2.75) is 76.4 Å². The first-order chi connectivity index (χ1) is 14.3. The van der Waals surface area contributed by atoms with Crippen LogP contribution in [0.5, 0.6) is 0 Å². The predicted octanol–water partition coefficient (Wildman–Crippen LogP) is 5.79. The van der Waals surface area contributed by atoms with E-state index in [0.717, 1.165) is 41.5 Å². The van der Waals surface area contributed by atoms with Crippen LogP contribution in [0.4, 0.5) is 4.39 Å². The van der Waals surface area contributed by atoms with Crippen molar-refractivity contribution in [1.82, 2.24) is 0 Å². The van der Waals surface area contributed by atoms with Crippen molar-refractivity contribution in [2.24, 2.45) is 0 Å². The topological polar surface area (TPSA) is 43.4 Å². The fourth-order valence-electron chi connectivity index (χ4n) is 5.09. The number of carbonyl (C=O) groups is 2. The van der Waals surface area contributed by atoms with Crippen molar-refractivity contribution in [3.05, 3.63) is 59.4 Å². The molecular weight excluding hydrogens is 379 g/mol. The number of ether oxygens (including phenoxy) is 1. The molecule has 0 radical (unpaired) electrons. The SMILES string of the molecule is CCc1cc(-c2ccc(F)cc2)ccc1C1C(=O)C(C)(C)OC2(CCCCC2)C1=O. The molecule has 1 atom stereocenters. The molecular formula is C26H29FO3. The number of hydrogen-bond acceptors (Lipinski definition) is 3. The Labute approximate surface area is 177 Å². The molecule has 30 heavy (non-hydrogen) atoms. The summed E-state index contributed by atoms with van der Waals surface area (Å²) in [5, 5.41) is 0. The van der Waals surface area contributed by atoms with E-state index in [4.69, 9.17) is 4.74 Å².